The van der Waals surface area contributed by atoms with Crippen molar-refractivity contribution < 1.29 is 13.2 Å². The van der Waals surface area contributed by atoms with Gasteiger partial charge in [0, 0.05) is 4.47 Å². The molecule has 26 heavy (non-hydrogen) atoms. The van der Waals surface area contributed by atoms with Gasteiger partial charge in [0.25, 0.3) is 0 Å². The molecule has 2 aromatic rings. The topological polar surface area (TPSA) is 66.5 Å². The molecular weight excluding hydrogens is 416 g/mol. The summed E-state index contributed by atoms with van der Waals surface area (Å²) in [7, 11) is -3.57. The second-order valence-corrected chi connectivity index (χ2v) is 9.28. The van der Waals surface area contributed by atoms with Crippen molar-refractivity contribution in [3.05, 3.63) is 64.1 Å². The lowest BCUT2D eigenvalue weighted by Crippen LogP contribution is -2.42. The van der Waals surface area contributed by atoms with Gasteiger partial charge in [-0.25, -0.2) is 8.42 Å². The van der Waals surface area contributed by atoms with E-state index < -0.39 is 10.0 Å². The van der Waals surface area contributed by atoms with Gasteiger partial charge in [-0.15, -0.1) is 0 Å². The van der Waals surface area contributed by atoms with E-state index in [4.69, 9.17) is 0 Å². The fraction of sp³-hybridized carbons (Fsp3) is 0.316. The Labute approximate surface area is 162 Å². The van der Waals surface area contributed by atoms with Crippen molar-refractivity contribution in [3.8, 4) is 0 Å². The van der Waals surface area contributed by atoms with E-state index in [-0.39, 0.29) is 18.5 Å². The molecule has 1 atom stereocenters. The van der Waals surface area contributed by atoms with E-state index in [1.54, 1.807) is 24.3 Å². The van der Waals surface area contributed by atoms with Crippen LogP contribution in [-0.4, -0.2) is 27.1 Å². The molecule has 1 aliphatic carbocycles. The first kappa shape index (κ1) is 18.9. The summed E-state index contributed by atoms with van der Waals surface area (Å²) in [6.45, 7) is -0.237. The molecule has 0 unspecified atom stereocenters. The van der Waals surface area contributed by atoms with Gasteiger partial charge in [0.15, 0.2) is 0 Å². The van der Waals surface area contributed by atoms with Crippen molar-refractivity contribution in [1.29, 1.82) is 0 Å². The molecule has 1 N–H and O–H groups in total. The van der Waals surface area contributed by atoms with Gasteiger partial charge in [-0.1, -0.05) is 40.2 Å². The second-order valence-electron chi connectivity index (χ2n) is 6.46. The van der Waals surface area contributed by atoms with E-state index in [9.17, 15) is 13.2 Å². The monoisotopic (exact) mass is 436 g/mol. The van der Waals surface area contributed by atoms with Crippen LogP contribution in [0.25, 0.3) is 0 Å². The number of benzene rings is 2. The number of carbonyl (C=O) groups is 1. The van der Waals surface area contributed by atoms with E-state index in [1.807, 2.05) is 18.2 Å². The van der Waals surface area contributed by atoms with Gasteiger partial charge in [0.1, 0.15) is 6.54 Å². The van der Waals surface area contributed by atoms with Crippen LogP contribution in [0.15, 0.2) is 53.0 Å². The van der Waals surface area contributed by atoms with Gasteiger partial charge in [-0.3, -0.25) is 9.10 Å². The lowest BCUT2D eigenvalue weighted by Gasteiger charge is -2.28. The highest BCUT2D eigenvalue weighted by Crippen LogP contribution is 2.29. The van der Waals surface area contributed by atoms with Gasteiger partial charge in [0.2, 0.25) is 15.9 Å². The van der Waals surface area contributed by atoms with Crippen LogP contribution >= 0.6 is 15.9 Å². The van der Waals surface area contributed by atoms with E-state index in [2.05, 4.69) is 27.3 Å². The summed E-state index contributed by atoms with van der Waals surface area (Å²) < 4.78 is 26.3. The number of hydrogen-bond acceptors (Lipinski definition) is 3. The molecule has 138 valence electrons. The van der Waals surface area contributed by atoms with Gasteiger partial charge >= 0.3 is 0 Å². The predicted octanol–water partition coefficient (Wildman–Crippen LogP) is 3.41. The first-order chi connectivity index (χ1) is 12.3. The molecule has 0 radical (unpaired) electrons. The van der Waals surface area contributed by atoms with Crippen LogP contribution in [0.2, 0.25) is 0 Å². The molecule has 2 aromatic carbocycles. The molecule has 0 spiro atoms. The SMILES string of the molecule is CS(=O)(=O)N(CC(=O)N[C@@H]1CCCc2ccccc21)c1ccc(Br)cc1. The number of halogens is 1. The number of rotatable bonds is 5. The third-order valence-electron chi connectivity index (χ3n) is 4.51. The van der Waals surface area contributed by atoms with Gasteiger partial charge in [-0.05, 0) is 54.7 Å². The summed E-state index contributed by atoms with van der Waals surface area (Å²) in [5, 5.41) is 3.00. The molecule has 0 bridgehead atoms. The van der Waals surface area contributed by atoms with E-state index in [0.717, 1.165) is 39.9 Å². The molecule has 0 heterocycles. The van der Waals surface area contributed by atoms with Crippen molar-refractivity contribution in [2.45, 2.75) is 25.3 Å². The number of aryl methyl sites for hydroxylation is 1. The lowest BCUT2D eigenvalue weighted by atomic mass is 9.88. The Morgan fingerprint density at radius 3 is 2.58 bits per heavy atom. The number of sulfonamides is 1. The van der Waals surface area contributed by atoms with Crippen molar-refractivity contribution in [2.75, 3.05) is 17.1 Å². The van der Waals surface area contributed by atoms with E-state index in [0.29, 0.717) is 5.69 Å². The fourth-order valence-electron chi connectivity index (χ4n) is 3.28. The lowest BCUT2D eigenvalue weighted by molar-refractivity contribution is -0.120. The second kappa shape index (κ2) is 7.80. The summed E-state index contributed by atoms with van der Waals surface area (Å²) in [5.41, 5.74) is 2.84. The highest BCUT2D eigenvalue weighted by molar-refractivity contribution is 9.10. The number of nitrogens with one attached hydrogen (secondary N) is 1. The van der Waals surface area contributed by atoms with Crippen molar-refractivity contribution in [3.63, 3.8) is 0 Å². The third-order valence-corrected chi connectivity index (χ3v) is 6.18. The molecule has 1 amide bonds. The first-order valence-corrected chi connectivity index (χ1v) is 11.1. The van der Waals surface area contributed by atoms with Crippen LogP contribution in [0.5, 0.6) is 0 Å². The molecule has 3 rings (SSSR count). The largest absolute Gasteiger partial charge is 0.348 e. The maximum atomic E-state index is 12.6. The van der Waals surface area contributed by atoms with Crippen molar-refractivity contribution in [1.82, 2.24) is 5.32 Å². The van der Waals surface area contributed by atoms with E-state index >= 15 is 0 Å². The maximum Gasteiger partial charge on any atom is 0.241 e. The molecular formula is C19H21BrN2O3S. The molecule has 7 heteroatoms. The zero-order chi connectivity index (χ0) is 18.7. The fourth-order valence-corrected chi connectivity index (χ4v) is 4.40. The smallest absolute Gasteiger partial charge is 0.241 e. The Balaban J connectivity index is 1.76. The third kappa shape index (κ3) is 4.45. The average Bonchev–Trinajstić information content (AvgIpc) is 2.60. The molecule has 0 saturated carbocycles. The zero-order valence-electron chi connectivity index (χ0n) is 14.5. The van der Waals surface area contributed by atoms with Crippen LogP contribution in [-0.2, 0) is 21.2 Å². The Kier molecular flexibility index (Phi) is 5.67. The minimum absolute atomic E-state index is 0.0706. The first-order valence-electron chi connectivity index (χ1n) is 8.45. The average molecular weight is 437 g/mol. The minimum atomic E-state index is -3.57. The summed E-state index contributed by atoms with van der Waals surface area (Å²) in [5.74, 6) is -0.306. The number of carbonyl (C=O) groups excluding carboxylic acids is 1. The number of anilines is 1. The van der Waals surface area contributed by atoms with Crippen LogP contribution in [0.4, 0.5) is 5.69 Å². The zero-order valence-corrected chi connectivity index (χ0v) is 16.9. The summed E-state index contributed by atoms with van der Waals surface area (Å²) in [4.78, 5) is 12.6. The Hall–Kier alpha value is -1.86. The molecule has 1 aliphatic rings. The quantitative estimate of drug-likeness (QED) is 0.780. The van der Waals surface area contributed by atoms with Crippen LogP contribution in [0.1, 0.15) is 30.0 Å². The summed E-state index contributed by atoms with van der Waals surface area (Å²) >= 11 is 3.33. The molecule has 0 aliphatic heterocycles. The van der Waals surface area contributed by atoms with Crippen LogP contribution in [0, 0.1) is 0 Å². The van der Waals surface area contributed by atoms with Gasteiger partial charge in [-0.2, -0.15) is 0 Å². The van der Waals surface area contributed by atoms with Gasteiger partial charge in [0.05, 0.1) is 18.0 Å². The summed E-state index contributed by atoms with van der Waals surface area (Å²) in [6.07, 6.45) is 3.99. The van der Waals surface area contributed by atoms with Crippen molar-refractivity contribution in [2.24, 2.45) is 0 Å². The van der Waals surface area contributed by atoms with Crippen LogP contribution in [0.3, 0.4) is 0 Å². The van der Waals surface area contributed by atoms with E-state index in [1.165, 1.54) is 5.56 Å². The van der Waals surface area contributed by atoms with Crippen LogP contribution < -0.4 is 9.62 Å². The summed E-state index contributed by atoms with van der Waals surface area (Å²) in [6, 6.07) is 14.9. The number of nitrogens with zero attached hydrogens (tertiary/aromatic N) is 1. The maximum absolute atomic E-state index is 12.6. The Bertz CT molecular complexity index is 897. The Morgan fingerprint density at radius 1 is 1.19 bits per heavy atom. The molecule has 0 aromatic heterocycles. The van der Waals surface area contributed by atoms with Gasteiger partial charge < -0.3 is 5.32 Å². The molecule has 0 saturated heterocycles. The number of hydrogen-bond donors (Lipinski definition) is 1. The standard InChI is InChI=1S/C19H21BrN2O3S/c1-26(24,25)22(16-11-9-15(20)10-12-16)13-19(23)21-18-8-4-6-14-5-2-3-7-17(14)18/h2-3,5,7,9-12,18H,4,6,8,13H2,1H3,(H,21,23)/t18-/m1/s1. The highest BCUT2D eigenvalue weighted by Gasteiger charge is 2.25. The minimum Gasteiger partial charge on any atom is -0.348 e. The normalized spacial score (nSPS) is 16.6. The molecule has 5 nitrogen and oxygen atoms in total. The number of amides is 1. The highest BCUT2D eigenvalue weighted by atomic mass is 79.9. The van der Waals surface area contributed by atoms with Crippen molar-refractivity contribution >= 4 is 37.5 Å². The predicted molar refractivity (Wildman–Crippen MR) is 107 cm³/mol. The Morgan fingerprint density at radius 2 is 1.88 bits per heavy atom. The number of fused-ring (bicyclic) bond motifs is 1. The molecule has 0 fully saturated rings.